The van der Waals surface area contributed by atoms with Crippen molar-refractivity contribution in [2.75, 3.05) is 0 Å². The van der Waals surface area contributed by atoms with Crippen molar-refractivity contribution in [2.45, 2.75) is 0 Å². The van der Waals surface area contributed by atoms with Crippen LogP contribution < -0.4 is 0 Å². The van der Waals surface area contributed by atoms with Crippen molar-refractivity contribution >= 4 is 43.7 Å². The van der Waals surface area contributed by atoms with Gasteiger partial charge in [-0.1, -0.05) is 146 Å². The summed E-state index contributed by atoms with van der Waals surface area (Å²) in [7, 11) is 0. The topological polar surface area (TPSA) is 56.7 Å². The fourth-order valence-electron chi connectivity index (χ4n) is 8.09. The van der Waals surface area contributed by atoms with Crippen molar-refractivity contribution in [3.63, 3.8) is 0 Å². The molecule has 0 radical (unpaired) electrons. The number of aromatic nitrogens is 4. The lowest BCUT2D eigenvalue weighted by atomic mass is 9.91. The zero-order valence-corrected chi connectivity index (χ0v) is 30.2. The number of benzene rings is 8. The second-order valence-electron chi connectivity index (χ2n) is 14.0. The predicted octanol–water partition coefficient (Wildman–Crippen LogP) is 13.2. The second-order valence-corrected chi connectivity index (χ2v) is 14.0. The summed E-state index contributed by atoms with van der Waals surface area (Å²) in [6, 6.07) is 67.5. The first-order valence-corrected chi connectivity index (χ1v) is 18.8. The third-order valence-electron chi connectivity index (χ3n) is 10.7. The standard InChI is InChI=1S/C51H32N4O/c1-4-15-33(16-5-1)49-52-50(34-17-6-2-7-18-34)54-51(53-49)36-27-29-42-47(32-36)56-46-26-14-24-41(48(42)46)39-22-11-10-21-38(39)35-28-30-45-43(31-35)40-23-12-13-25-44(40)55(45)37-19-8-3-9-20-37/h1-32H. The third kappa shape index (κ3) is 5.29. The van der Waals surface area contributed by atoms with E-state index in [0.717, 1.165) is 66.6 Å². The summed E-state index contributed by atoms with van der Waals surface area (Å²) in [4.78, 5) is 14.8. The van der Waals surface area contributed by atoms with Crippen LogP contribution in [0.2, 0.25) is 0 Å². The molecule has 0 saturated carbocycles. The van der Waals surface area contributed by atoms with E-state index in [0.29, 0.717) is 17.5 Å². The van der Waals surface area contributed by atoms with Crippen LogP contribution in [-0.4, -0.2) is 19.5 Å². The molecule has 0 bridgehead atoms. The summed E-state index contributed by atoms with van der Waals surface area (Å²) in [5, 5.41) is 4.57. The molecular weight excluding hydrogens is 685 g/mol. The van der Waals surface area contributed by atoms with Gasteiger partial charge in [0.25, 0.3) is 0 Å². The molecule has 3 heterocycles. The van der Waals surface area contributed by atoms with Gasteiger partial charge in [0.05, 0.1) is 11.0 Å². The van der Waals surface area contributed by atoms with Crippen molar-refractivity contribution in [3.8, 4) is 62.1 Å². The fourth-order valence-corrected chi connectivity index (χ4v) is 8.09. The summed E-state index contributed by atoms with van der Waals surface area (Å²) in [5.41, 5.74) is 12.5. The van der Waals surface area contributed by atoms with Gasteiger partial charge in [0.15, 0.2) is 17.5 Å². The van der Waals surface area contributed by atoms with Crippen molar-refractivity contribution < 1.29 is 4.42 Å². The highest BCUT2D eigenvalue weighted by Gasteiger charge is 2.19. The van der Waals surface area contributed by atoms with Crippen LogP contribution in [0.5, 0.6) is 0 Å². The van der Waals surface area contributed by atoms with E-state index in [1.54, 1.807) is 0 Å². The second kappa shape index (κ2) is 13.0. The van der Waals surface area contributed by atoms with Gasteiger partial charge >= 0.3 is 0 Å². The van der Waals surface area contributed by atoms with Gasteiger partial charge in [-0.25, -0.2) is 15.0 Å². The van der Waals surface area contributed by atoms with Crippen LogP contribution in [0, 0.1) is 0 Å². The first-order chi connectivity index (χ1) is 27.8. The smallest absolute Gasteiger partial charge is 0.164 e. The van der Waals surface area contributed by atoms with E-state index in [9.17, 15) is 0 Å². The lowest BCUT2D eigenvalue weighted by Crippen LogP contribution is -2.00. The Morgan fingerprint density at radius 3 is 1.64 bits per heavy atom. The van der Waals surface area contributed by atoms with Crippen LogP contribution in [0.3, 0.4) is 0 Å². The van der Waals surface area contributed by atoms with Gasteiger partial charge < -0.3 is 8.98 Å². The molecule has 0 saturated heterocycles. The summed E-state index contributed by atoms with van der Waals surface area (Å²) >= 11 is 0. The van der Waals surface area contributed by atoms with Gasteiger partial charge in [-0.05, 0) is 70.8 Å². The highest BCUT2D eigenvalue weighted by atomic mass is 16.3. The molecule has 0 aliphatic heterocycles. The fraction of sp³-hybridized carbons (Fsp3) is 0. The average molecular weight is 717 g/mol. The summed E-state index contributed by atoms with van der Waals surface area (Å²) < 4.78 is 8.98. The Balaban J connectivity index is 1.05. The Hall–Kier alpha value is -7.63. The van der Waals surface area contributed by atoms with Crippen LogP contribution in [0.25, 0.3) is 106 Å². The molecule has 0 spiro atoms. The minimum absolute atomic E-state index is 0.592. The van der Waals surface area contributed by atoms with Gasteiger partial charge in [-0.2, -0.15) is 0 Å². The van der Waals surface area contributed by atoms with Crippen molar-refractivity contribution in [1.82, 2.24) is 19.5 Å². The molecule has 5 heteroatoms. The molecule has 0 N–H and O–H groups in total. The number of rotatable bonds is 6. The minimum Gasteiger partial charge on any atom is -0.456 e. The highest BCUT2D eigenvalue weighted by molar-refractivity contribution is 6.15. The first kappa shape index (κ1) is 31.9. The van der Waals surface area contributed by atoms with E-state index in [1.807, 2.05) is 60.7 Å². The summed E-state index contributed by atoms with van der Waals surface area (Å²) in [5.74, 6) is 1.84. The van der Waals surface area contributed by atoms with E-state index < -0.39 is 0 Å². The zero-order chi connectivity index (χ0) is 37.0. The Bertz CT molecular complexity index is 3180. The van der Waals surface area contributed by atoms with Gasteiger partial charge in [-0.3, -0.25) is 0 Å². The van der Waals surface area contributed by atoms with Crippen LogP contribution >= 0.6 is 0 Å². The molecule has 0 fully saturated rings. The Kier molecular flexibility index (Phi) is 7.42. The molecule has 262 valence electrons. The number of hydrogen-bond acceptors (Lipinski definition) is 4. The first-order valence-electron chi connectivity index (χ1n) is 18.8. The molecule has 0 aliphatic rings. The van der Waals surface area contributed by atoms with E-state index >= 15 is 0 Å². The maximum atomic E-state index is 6.63. The molecule has 5 nitrogen and oxygen atoms in total. The van der Waals surface area contributed by atoms with E-state index in [-0.39, 0.29) is 0 Å². The van der Waals surface area contributed by atoms with Gasteiger partial charge in [0, 0.05) is 43.9 Å². The maximum absolute atomic E-state index is 6.63. The van der Waals surface area contributed by atoms with E-state index in [1.165, 1.54) is 21.8 Å². The van der Waals surface area contributed by atoms with Crippen molar-refractivity contribution in [1.29, 1.82) is 0 Å². The van der Waals surface area contributed by atoms with Crippen LogP contribution in [0.15, 0.2) is 199 Å². The molecular formula is C51H32N4O. The van der Waals surface area contributed by atoms with Gasteiger partial charge in [-0.15, -0.1) is 0 Å². The highest BCUT2D eigenvalue weighted by Crippen LogP contribution is 2.43. The molecule has 0 atom stereocenters. The number of nitrogens with zero attached hydrogens (tertiary/aromatic N) is 4. The average Bonchev–Trinajstić information content (AvgIpc) is 3.82. The van der Waals surface area contributed by atoms with Crippen LogP contribution in [0.4, 0.5) is 0 Å². The zero-order valence-electron chi connectivity index (χ0n) is 30.2. The molecule has 0 amide bonds. The number of para-hydroxylation sites is 2. The Labute approximate surface area is 322 Å². The van der Waals surface area contributed by atoms with E-state index in [2.05, 4.69) is 138 Å². The van der Waals surface area contributed by atoms with Gasteiger partial charge in [0.2, 0.25) is 0 Å². The molecule has 8 aromatic carbocycles. The number of fused-ring (bicyclic) bond motifs is 6. The predicted molar refractivity (Wildman–Crippen MR) is 229 cm³/mol. The molecule has 11 aromatic rings. The number of furan rings is 1. The van der Waals surface area contributed by atoms with Crippen molar-refractivity contribution in [3.05, 3.63) is 194 Å². The normalized spacial score (nSPS) is 11.6. The van der Waals surface area contributed by atoms with Gasteiger partial charge in [0.1, 0.15) is 11.2 Å². The summed E-state index contributed by atoms with van der Waals surface area (Å²) in [6.07, 6.45) is 0. The monoisotopic (exact) mass is 716 g/mol. The minimum atomic E-state index is 0.592. The third-order valence-corrected chi connectivity index (χ3v) is 10.7. The Morgan fingerprint density at radius 1 is 0.339 bits per heavy atom. The maximum Gasteiger partial charge on any atom is 0.164 e. The molecule has 0 unspecified atom stereocenters. The molecule has 0 aliphatic carbocycles. The summed E-state index contributed by atoms with van der Waals surface area (Å²) in [6.45, 7) is 0. The van der Waals surface area contributed by atoms with Crippen LogP contribution in [-0.2, 0) is 0 Å². The quantitative estimate of drug-likeness (QED) is 0.172. The largest absolute Gasteiger partial charge is 0.456 e. The lowest BCUT2D eigenvalue weighted by molar-refractivity contribution is 0.669. The van der Waals surface area contributed by atoms with Crippen LogP contribution in [0.1, 0.15) is 0 Å². The Morgan fingerprint density at radius 2 is 0.911 bits per heavy atom. The lowest BCUT2D eigenvalue weighted by Gasteiger charge is -2.12. The van der Waals surface area contributed by atoms with E-state index in [4.69, 9.17) is 19.4 Å². The number of hydrogen-bond donors (Lipinski definition) is 0. The molecule has 3 aromatic heterocycles. The molecule has 56 heavy (non-hydrogen) atoms. The molecule has 11 rings (SSSR count). The van der Waals surface area contributed by atoms with Crippen molar-refractivity contribution in [2.24, 2.45) is 0 Å². The SMILES string of the molecule is c1ccc(-c2nc(-c3ccccc3)nc(-c3ccc4c(c3)oc3cccc(-c5ccccc5-c5ccc6c(c5)c5ccccc5n6-c5ccccc5)c34)n2)cc1.